The Morgan fingerprint density at radius 2 is 2.21 bits per heavy atom. The van der Waals surface area contributed by atoms with Crippen LogP contribution in [0.1, 0.15) is 56.7 Å². The Kier molecular flexibility index (Phi) is 6.17. The van der Waals surface area contributed by atoms with Crippen LogP contribution < -0.4 is 10.6 Å². The van der Waals surface area contributed by atoms with Gasteiger partial charge in [-0.2, -0.15) is 0 Å². The number of nitrogens with one attached hydrogen (secondary N) is 2. The number of hydrogen-bond donors (Lipinski definition) is 3. The molecule has 1 amide bonds. The number of amides is 1. The van der Waals surface area contributed by atoms with Crippen molar-refractivity contribution in [2.24, 2.45) is 5.92 Å². The molecule has 0 aromatic carbocycles. The molecule has 3 aliphatic heterocycles. The maximum absolute atomic E-state index is 13.2. The fourth-order valence-electron chi connectivity index (χ4n) is 5.20. The van der Waals surface area contributed by atoms with Crippen LogP contribution in [0.25, 0.3) is 11.1 Å². The van der Waals surface area contributed by atoms with Gasteiger partial charge in [-0.05, 0) is 74.9 Å². The molecule has 0 radical (unpaired) electrons. The lowest BCUT2D eigenvalue weighted by Gasteiger charge is -2.32. The molecule has 8 nitrogen and oxygen atoms in total. The van der Waals surface area contributed by atoms with Gasteiger partial charge in [-0.3, -0.25) is 14.9 Å². The predicted octanol–water partition coefficient (Wildman–Crippen LogP) is 3.49. The van der Waals surface area contributed by atoms with E-state index in [-0.39, 0.29) is 24.4 Å². The third-order valence-electron chi connectivity index (χ3n) is 6.96. The number of rotatable bonds is 8. The van der Waals surface area contributed by atoms with Gasteiger partial charge in [0.2, 0.25) is 11.6 Å². The number of hydrogen-bond acceptors (Lipinski definition) is 6. The van der Waals surface area contributed by atoms with Crippen molar-refractivity contribution in [1.82, 2.24) is 20.5 Å². The molecular formula is C25H30N4O4. The Balaban J connectivity index is 1.21. The number of aliphatic carboxylic acids is 1. The van der Waals surface area contributed by atoms with E-state index < -0.39 is 12.0 Å². The van der Waals surface area contributed by atoms with Gasteiger partial charge < -0.3 is 19.7 Å². The molecule has 3 aliphatic rings. The summed E-state index contributed by atoms with van der Waals surface area (Å²) < 4.78 is 5.39. The number of carboxylic acid groups (broad SMARTS) is 1. The molecule has 3 N–H and O–H groups in total. The zero-order valence-electron chi connectivity index (χ0n) is 18.6. The minimum atomic E-state index is -0.948. The molecule has 5 heterocycles. The highest BCUT2D eigenvalue weighted by atomic mass is 16.4. The minimum Gasteiger partial charge on any atom is -0.481 e. The summed E-state index contributed by atoms with van der Waals surface area (Å²) >= 11 is 0. The molecule has 2 fully saturated rings. The number of aromatic nitrogens is 1. The number of nitrogens with zero attached hydrogens (tertiary/aromatic N) is 2. The molecule has 2 aromatic rings. The molecule has 33 heavy (non-hydrogen) atoms. The lowest BCUT2D eigenvalue weighted by Crippen LogP contribution is -2.47. The van der Waals surface area contributed by atoms with E-state index in [1.54, 1.807) is 17.2 Å². The van der Waals surface area contributed by atoms with Crippen LogP contribution in [-0.2, 0) is 9.59 Å². The largest absolute Gasteiger partial charge is 0.481 e. The summed E-state index contributed by atoms with van der Waals surface area (Å²) in [6.07, 6.45) is 11.7. The number of carbonyl (C=O) groups is 2. The third-order valence-corrected chi connectivity index (χ3v) is 6.96. The van der Waals surface area contributed by atoms with E-state index >= 15 is 0 Å². The van der Waals surface area contributed by atoms with Crippen molar-refractivity contribution in [2.75, 3.05) is 13.1 Å². The van der Waals surface area contributed by atoms with Crippen LogP contribution in [0.2, 0.25) is 0 Å². The smallest absolute Gasteiger partial charge is 0.305 e. The topological polar surface area (TPSA) is 108 Å². The van der Waals surface area contributed by atoms with E-state index in [2.05, 4.69) is 27.8 Å². The standard InChI is InChI=1S/C25H30N4O4/c30-22(31)15-21(20-9-7-17-11-14-33-24(17)28-20)29-13-10-18(25(29)32)3-1-5-19-8-6-16-4-2-12-26-23(16)27-19/h6-9,11,14,18,21,23,26-27H,1-5,10,12-13,15H2,(H,30,31). The number of allylic oxidation sites excluding steroid dienone is 3. The normalized spacial score (nSPS) is 23.6. The third kappa shape index (κ3) is 4.66. The van der Waals surface area contributed by atoms with Gasteiger partial charge in [-0.25, -0.2) is 4.98 Å². The van der Waals surface area contributed by atoms with Gasteiger partial charge in [0.1, 0.15) is 0 Å². The zero-order chi connectivity index (χ0) is 22.8. The van der Waals surface area contributed by atoms with Gasteiger partial charge in [0.25, 0.3) is 0 Å². The monoisotopic (exact) mass is 450 g/mol. The first-order chi connectivity index (χ1) is 16.1. The van der Waals surface area contributed by atoms with E-state index in [4.69, 9.17) is 4.42 Å². The first kappa shape index (κ1) is 21.7. The molecule has 3 unspecified atom stereocenters. The fraction of sp³-hybridized carbons (Fsp3) is 0.480. The molecule has 2 saturated heterocycles. The maximum atomic E-state index is 13.2. The molecule has 0 saturated carbocycles. The van der Waals surface area contributed by atoms with Crippen LogP contribution in [0.5, 0.6) is 0 Å². The highest BCUT2D eigenvalue weighted by Gasteiger charge is 2.37. The minimum absolute atomic E-state index is 0.0318. The summed E-state index contributed by atoms with van der Waals surface area (Å²) in [4.78, 5) is 31.0. The fourth-order valence-corrected chi connectivity index (χ4v) is 5.20. The van der Waals surface area contributed by atoms with E-state index in [0.717, 1.165) is 44.0 Å². The van der Waals surface area contributed by atoms with Crippen molar-refractivity contribution in [3.63, 3.8) is 0 Å². The van der Waals surface area contributed by atoms with Gasteiger partial charge in [0, 0.05) is 23.5 Å². The lowest BCUT2D eigenvalue weighted by atomic mass is 9.96. The number of carbonyl (C=O) groups excluding carboxylic acids is 1. The SMILES string of the molecule is O=C(O)CC(c1ccc2ccoc2n1)N1CCC(CCCC2=CC=C3CCCNC3N2)C1=O. The summed E-state index contributed by atoms with van der Waals surface area (Å²) in [6.45, 7) is 1.59. The maximum Gasteiger partial charge on any atom is 0.305 e. The molecule has 3 atom stereocenters. The van der Waals surface area contributed by atoms with Crippen molar-refractivity contribution in [1.29, 1.82) is 0 Å². The highest BCUT2D eigenvalue weighted by molar-refractivity contribution is 5.82. The first-order valence-corrected chi connectivity index (χ1v) is 11.8. The molecule has 0 spiro atoms. The first-order valence-electron chi connectivity index (χ1n) is 11.8. The summed E-state index contributed by atoms with van der Waals surface area (Å²) in [5.74, 6) is -0.988. The lowest BCUT2D eigenvalue weighted by molar-refractivity contribution is -0.140. The van der Waals surface area contributed by atoms with E-state index in [1.807, 2.05) is 12.1 Å². The number of piperidine rings is 1. The molecular weight excluding hydrogens is 420 g/mol. The van der Waals surface area contributed by atoms with Crippen molar-refractivity contribution in [3.05, 3.63) is 53.6 Å². The van der Waals surface area contributed by atoms with Crippen LogP contribution in [0, 0.1) is 5.92 Å². The predicted molar refractivity (Wildman–Crippen MR) is 123 cm³/mol. The van der Waals surface area contributed by atoms with Gasteiger partial charge in [-0.1, -0.05) is 6.08 Å². The van der Waals surface area contributed by atoms with Crippen molar-refractivity contribution in [2.45, 2.75) is 57.2 Å². The number of pyridine rings is 1. The molecule has 5 rings (SSSR count). The number of furan rings is 1. The quantitative estimate of drug-likeness (QED) is 0.565. The highest BCUT2D eigenvalue weighted by Crippen LogP contribution is 2.34. The molecule has 2 aromatic heterocycles. The number of likely N-dealkylation sites (tertiary alicyclic amines) is 1. The van der Waals surface area contributed by atoms with Gasteiger partial charge in [0.05, 0.1) is 30.6 Å². The number of carboxylic acids is 1. The average molecular weight is 451 g/mol. The van der Waals surface area contributed by atoms with E-state index in [1.165, 1.54) is 17.7 Å². The summed E-state index contributed by atoms with van der Waals surface area (Å²) in [7, 11) is 0. The van der Waals surface area contributed by atoms with Crippen molar-refractivity contribution in [3.8, 4) is 0 Å². The van der Waals surface area contributed by atoms with Crippen LogP contribution in [0.15, 0.2) is 52.3 Å². The van der Waals surface area contributed by atoms with Gasteiger partial charge in [-0.15, -0.1) is 0 Å². The molecule has 0 aliphatic carbocycles. The Bertz CT molecular complexity index is 1100. The average Bonchev–Trinajstić information content (AvgIpc) is 3.43. The van der Waals surface area contributed by atoms with Gasteiger partial charge >= 0.3 is 5.97 Å². The molecule has 0 bridgehead atoms. The van der Waals surface area contributed by atoms with Crippen LogP contribution in [0.4, 0.5) is 0 Å². The second-order valence-corrected chi connectivity index (χ2v) is 9.14. The summed E-state index contributed by atoms with van der Waals surface area (Å²) in [6, 6.07) is 4.89. The van der Waals surface area contributed by atoms with E-state index in [9.17, 15) is 14.7 Å². The second kappa shape index (κ2) is 9.39. The molecule has 174 valence electrons. The zero-order valence-corrected chi connectivity index (χ0v) is 18.6. The van der Waals surface area contributed by atoms with Gasteiger partial charge in [0.15, 0.2) is 0 Å². The van der Waals surface area contributed by atoms with Crippen LogP contribution in [0.3, 0.4) is 0 Å². The summed E-state index contributed by atoms with van der Waals surface area (Å²) in [5.41, 5.74) is 3.65. The Labute approximate surface area is 192 Å². The Morgan fingerprint density at radius 1 is 1.30 bits per heavy atom. The van der Waals surface area contributed by atoms with Crippen molar-refractivity contribution < 1.29 is 19.1 Å². The van der Waals surface area contributed by atoms with Crippen molar-refractivity contribution >= 4 is 23.0 Å². The number of fused-ring (bicyclic) bond motifs is 2. The van der Waals surface area contributed by atoms with Crippen LogP contribution >= 0.6 is 0 Å². The Hall–Kier alpha value is -3.13. The second-order valence-electron chi connectivity index (χ2n) is 9.14. The molecule has 8 heteroatoms. The summed E-state index contributed by atoms with van der Waals surface area (Å²) in [5, 5.41) is 17.4. The number of dihydropyridines is 1. The Morgan fingerprint density at radius 3 is 3.09 bits per heavy atom. The van der Waals surface area contributed by atoms with Crippen LogP contribution in [-0.4, -0.2) is 46.1 Å². The van der Waals surface area contributed by atoms with E-state index in [0.29, 0.717) is 18.0 Å².